The highest BCUT2D eigenvalue weighted by molar-refractivity contribution is 7.92. The van der Waals surface area contributed by atoms with Crippen molar-refractivity contribution in [2.45, 2.75) is 50.2 Å². The molecule has 0 radical (unpaired) electrons. The number of amides is 2. The van der Waals surface area contributed by atoms with E-state index < -0.39 is 34.4 Å². The maximum Gasteiger partial charge on any atom is 0.264 e. The second-order valence-corrected chi connectivity index (χ2v) is 14.2. The van der Waals surface area contributed by atoms with Gasteiger partial charge in [0.25, 0.3) is 10.0 Å². The van der Waals surface area contributed by atoms with Crippen molar-refractivity contribution >= 4 is 73.9 Å². The largest absolute Gasteiger partial charge is 0.352 e. The minimum absolute atomic E-state index is 0.0827. The van der Waals surface area contributed by atoms with Crippen LogP contribution in [0.4, 0.5) is 5.69 Å². The first kappa shape index (κ1) is 35.6. The van der Waals surface area contributed by atoms with Crippen LogP contribution >= 0.6 is 46.4 Å². The van der Waals surface area contributed by atoms with Crippen molar-refractivity contribution in [3.05, 3.63) is 128 Å². The van der Waals surface area contributed by atoms with Crippen molar-refractivity contribution in [1.29, 1.82) is 0 Å². The number of halogens is 4. The van der Waals surface area contributed by atoms with Crippen molar-refractivity contribution in [1.82, 2.24) is 10.2 Å². The first-order chi connectivity index (χ1) is 21.9. The third-order valence-corrected chi connectivity index (χ3v) is 10.4. The van der Waals surface area contributed by atoms with E-state index in [0.717, 1.165) is 9.87 Å². The molecule has 0 aliphatic rings. The van der Waals surface area contributed by atoms with E-state index in [1.165, 1.54) is 35.2 Å². The number of hydrogen-bond acceptors (Lipinski definition) is 4. The van der Waals surface area contributed by atoms with Crippen LogP contribution in [0.15, 0.2) is 102 Å². The number of rotatable bonds is 13. The van der Waals surface area contributed by atoms with Crippen LogP contribution in [-0.2, 0) is 32.6 Å². The molecule has 0 aliphatic carbocycles. The highest BCUT2D eigenvalue weighted by Crippen LogP contribution is 2.30. The lowest BCUT2D eigenvalue weighted by Gasteiger charge is -2.34. The fraction of sp³-hybridized carbons (Fsp3) is 0.235. The fourth-order valence-electron chi connectivity index (χ4n) is 4.74. The SMILES string of the molecule is CC[C@H](C)NC(=O)[C@@H](Cc1ccccc1)N(Cc1c(Cl)cccc1Cl)C(=O)CN(c1cccc(Cl)c1)S(=O)(=O)c1ccc(Cl)cc1. The molecule has 7 nitrogen and oxygen atoms in total. The minimum atomic E-state index is -4.32. The third-order valence-electron chi connectivity index (χ3n) is 7.44. The molecular formula is C34H33Cl4N3O4S. The van der Waals surface area contributed by atoms with Crippen LogP contribution in [0.1, 0.15) is 31.4 Å². The highest BCUT2D eigenvalue weighted by Gasteiger charge is 2.35. The average molecular weight is 722 g/mol. The van der Waals surface area contributed by atoms with Crippen LogP contribution in [0.2, 0.25) is 20.1 Å². The van der Waals surface area contributed by atoms with Gasteiger partial charge in [-0.15, -0.1) is 0 Å². The molecule has 242 valence electrons. The Morgan fingerprint density at radius 3 is 2.04 bits per heavy atom. The fourth-order valence-corrected chi connectivity index (χ4v) is 6.98. The molecule has 12 heteroatoms. The molecule has 46 heavy (non-hydrogen) atoms. The van der Waals surface area contributed by atoms with Gasteiger partial charge in [0.1, 0.15) is 12.6 Å². The van der Waals surface area contributed by atoms with Gasteiger partial charge in [0.05, 0.1) is 10.6 Å². The summed E-state index contributed by atoms with van der Waals surface area (Å²) in [6.45, 7) is 2.99. The number of benzene rings is 4. The molecule has 0 heterocycles. The number of sulfonamides is 1. The van der Waals surface area contributed by atoms with Gasteiger partial charge in [-0.05, 0) is 73.5 Å². The molecule has 4 aromatic rings. The molecular weight excluding hydrogens is 688 g/mol. The quantitative estimate of drug-likeness (QED) is 0.152. The number of nitrogens with one attached hydrogen (secondary N) is 1. The zero-order valence-electron chi connectivity index (χ0n) is 25.2. The van der Waals surface area contributed by atoms with Gasteiger partial charge in [-0.25, -0.2) is 8.42 Å². The van der Waals surface area contributed by atoms with Crippen LogP contribution in [0.3, 0.4) is 0 Å². The molecule has 0 saturated carbocycles. The predicted octanol–water partition coefficient (Wildman–Crippen LogP) is 8.05. The van der Waals surface area contributed by atoms with E-state index in [4.69, 9.17) is 46.4 Å². The van der Waals surface area contributed by atoms with Gasteiger partial charge in [-0.2, -0.15) is 0 Å². The van der Waals surface area contributed by atoms with E-state index in [0.29, 0.717) is 27.1 Å². The smallest absolute Gasteiger partial charge is 0.264 e. The molecule has 0 aliphatic heterocycles. The van der Waals surface area contributed by atoms with Gasteiger partial charge in [-0.3, -0.25) is 13.9 Å². The summed E-state index contributed by atoms with van der Waals surface area (Å²) in [6, 6.07) is 24.8. The minimum Gasteiger partial charge on any atom is -0.352 e. The van der Waals surface area contributed by atoms with E-state index in [-0.39, 0.29) is 34.6 Å². The van der Waals surface area contributed by atoms with Gasteiger partial charge in [-0.1, -0.05) is 95.8 Å². The third kappa shape index (κ3) is 8.96. The van der Waals surface area contributed by atoms with E-state index in [2.05, 4.69) is 5.32 Å². The van der Waals surface area contributed by atoms with Gasteiger partial charge < -0.3 is 10.2 Å². The predicted molar refractivity (Wildman–Crippen MR) is 186 cm³/mol. The standard InChI is InChI=1S/C34H33Cl4N3O4S/c1-3-23(2)39-34(43)32(19-24-9-5-4-6-10-24)40(21-29-30(37)13-8-14-31(29)38)33(42)22-41(27-12-7-11-26(36)20-27)46(44,45)28-17-15-25(35)16-18-28/h4-18,20,23,32H,3,19,21-22H2,1-2H3,(H,39,43)/t23-,32+/m0/s1. The summed E-state index contributed by atoms with van der Waals surface area (Å²) in [5, 5.41) is 4.21. The molecule has 0 spiro atoms. The summed E-state index contributed by atoms with van der Waals surface area (Å²) < 4.78 is 29.2. The van der Waals surface area contributed by atoms with Gasteiger partial charge in [0.15, 0.2) is 0 Å². The maximum absolute atomic E-state index is 14.6. The van der Waals surface area contributed by atoms with Crippen LogP contribution in [0.25, 0.3) is 0 Å². The molecule has 4 rings (SSSR count). The Morgan fingerprint density at radius 1 is 0.804 bits per heavy atom. The lowest BCUT2D eigenvalue weighted by molar-refractivity contribution is -0.140. The van der Waals surface area contributed by atoms with E-state index in [1.807, 2.05) is 44.2 Å². The molecule has 2 atom stereocenters. The van der Waals surface area contributed by atoms with Gasteiger partial charge in [0.2, 0.25) is 11.8 Å². The topological polar surface area (TPSA) is 86.8 Å². The molecule has 4 aromatic carbocycles. The summed E-state index contributed by atoms with van der Waals surface area (Å²) in [4.78, 5) is 29.8. The van der Waals surface area contributed by atoms with E-state index in [9.17, 15) is 18.0 Å². The van der Waals surface area contributed by atoms with Crippen LogP contribution < -0.4 is 9.62 Å². The van der Waals surface area contributed by atoms with Crippen LogP contribution in [0.5, 0.6) is 0 Å². The van der Waals surface area contributed by atoms with Crippen LogP contribution in [-0.4, -0.2) is 43.8 Å². The Bertz CT molecular complexity index is 1750. The van der Waals surface area contributed by atoms with Crippen molar-refractivity contribution in [3.63, 3.8) is 0 Å². The number of nitrogens with zero attached hydrogens (tertiary/aromatic N) is 2. The lowest BCUT2D eigenvalue weighted by Crippen LogP contribution is -2.54. The van der Waals surface area contributed by atoms with Gasteiger partial charge in [0, 0.05) is 44.7 Å². The first-order valence-corrected chi connectivity index (χ1v) is 17.5. The summed E-state index contributed by atoms with van der Waals surface area (Å²) in [6.07, 6.45) is 0.813. The Hall–Kier alpha value is -3.27. The number of anilines is 1. The second kappa shape index (κ2) is 16.0. The summed E-state index contributed by atoms with van der Waals surface area (Å²) in [7, 11) is -4.32. The lowest BCUT2D eigenvalue weighted by atomic mass is 10.0. The summed E-state index contributed by atoms with van der Waals surface area (Å²) in [5.74, 6) is -1.06. The van der Waals surface area contributed by atoms with E-state index >= 15 is 0 Å². The maximum atomic E-state index is 14.6. The molecule has 2 amide bonds. The number of carbonyl (C=O) groups excluding carboxylic acids is 2. The Morgan fingerprint density at radius 2 is 1.43 bits per heavy atom. The first-order valence-electron chi connectivity index (χ1n) is 14.5. The highest BCUT2D eigenvalue weighted by atomic mass is 35.5. The monoisotopic (exact) mass is 719 g/mol. The van der Waals surface area contributed by atoms with Crippen molar-refractivity contribution in [2.24, 2.45) is 0 Å². The van der Waals surface area contributed by atoms with E-state index in [1.54, 1.807) is 36.4 Å². The molecule has 0 bridgehead atoms. The van der Waals surface area contributed by atoms with Crippen LogP contribution in [0, 0.1) is 0 Å². The van der Waals surface area contributed by atoms with Gasteiger partial charge >= 0.3 is 0 Å². The number of hydrogen-bond donors (Lipinski definition) is 1. The average Bonchev–Trinajstić information content (AvgIpc) is 3.03. The zero-order valence-corrected chi connectivity index (χ0v) is 29.0. The molecule has 1 N–H and O–H groups in total. The number of carbonyl (C=O) groups is 2. The Labute approximate surface area is 290 Å². The molecule has 0 unspecified atom stereocenters. The Balaban J connectivity index is 1.84. The molecule has 0 fully saturated rings. The van der Waals surface area contributed by atoms with Crippen molar-refractivity contribution in [2.75, 3.05) is 10.8 Å². The molecule has 0 saturated heterocycles. The van der Waals surface area contributed by atoms with Crippen molar-refractivity contribution < 1.29 is 18.0 Å². The second-order valence-electron chi connectivity index (χ2n) is 10.7. The summed E-state index contributed by atoms with van der Waals surface area (Å²) in [5.41, 5.74) is 1.38. The normalized spacial score (nSPS) is 12.7. The Kier molecular flexibility index (Phi) is 12.4. The zero-order chi connectivity index (χ0) is 33.4. The summed E-state index contributed by atoms with van der Waals surface area (Å²) >= 11 is 25.4. The molecule has 0 aromatic heterocycles. The van der Waals surface area contributed by atoms with Crippen molar-refractivity contribution in [3.8, 4) is 0 Å².